The molecule has 1 aliphatic rings. The summed E-state index contributed by atoms with van der Waals surface area (Å²) in [6, 6.07) is 6.05. The van der Waals surface area contributed by atoms with E-state index in [1.165, 1.54) is 0 Å². The summed E-state index contributed by atoms with van der Waals surface area (Å²) >= 11 is 0. The summed E-state index contributed by atoms with van der Waals surface area (Å²) in [5.41, 5.74) is 3.12. The lowest BCUT2D eigenvalue weighted by atomic mass is 10.1. The van der Waals surface area contributed by atoms with E-state index in [0.29, 0.717) is 19.0 Å². The normalized spacial score (nSPS) is 15.8. The van der Waals surface area contributed by atoms with Crippen LogP contribution in [0.15, 0.2) is 22.7 Å². The monoisotopic (exact) mass is 371 g/mol. The molecule has 0 spiro atoms. The Morgan fingerprint density at radius 3 is 2.48 bits per heavy atom. The molecule has 0 atom stereocenters. The van der Waals surface area contributed by atoms with Crippen LogP contribution in [0.25, 0.3) is 0 Å². The molecule has 1 amide bonds. The maximum Gasteiger partial charge on any atom is 0.240 e. The molecular weight excluding hydrogens is 342 g/mol. The molecule has 1 N–H and O–H groups in total. The minimum Gasteiger partial charge on any atom is -0.338 e. The van der Waals surface area contributed by atoms with Gasteiger partial charge in [-0.05, 0) is 31.4 Å². The number of nitrogens with zero attached hydrogens (tertiary/aromatic N) is 4. The number of nitrogens with one attached hydrogen (secondary N) is 1. The smallest absolute Gasteiger partial charge is 0.240 e. The van der Waals surface area contributed by atoms with Crippen molar-refractivity contribution in [2.24, 2.45) is 0 Å². The van der Waals surface area contributed by atoms with E-state index in [1.807, 2.05) is 32.0 Å². The lowest BCUT2D eigenvalue weighted by Crippen LogP contribution is -2.48. The van der Waals surface area contributed by atoms with Crippen molar-refractivity contribution in [3.8, 4) is 0 Å². The van der Waals surface area contributed by atoms with Crippen LogP contribution in [0.1, 0.15) is 36.2 Å². The highest BCUT2D eigenvalue weighted by Crippen LogP contribution is 2.19. The minimum absolute atomic E-state index is 0.0435. The molecule has 7 nitrogen and oxygen atoms in total. The van der Waals surface area contributed by atoms with Crippen molar-refractivity contribution in [2.45, 2.75) is 40.2 Å². The van der Waals surface area contributed by atoms with Gasteiger partial charge in [-0.15, -0.1) is 0 Å². The van der Waals surface area contributed by atoms with Crippen molar-refractivity contribution < 1.29 is 9.32 Å². The number of anilines is 1. The number of benzene rings is 1. The van der Waals surface area contributed by atoms with E-state index < -0.39 is 0 Å². The molecule has 0 unspecified atom stereocenters. The van der Waals surface area contributed by atoms with Crippen molar-refractivity contribution in [1.29, 1.82) is 0 Å². The number of amides is 1. The second-order valence-electron chi connectivity index (χ2n) is 7.22. The molecule has 1 aromatic carbocycles. The first-order chi connectivity index (χ1) is 13.0. The topological polar surface area (TPSA) is 74.5 Å². The number of hydrogen-bond acceptors (Lipinski definition) is 6. The highest BCUT2D eigenvalue weighted by atomic mass is 16.5. The van der Waals surface area contributed by atoms with E-state index in [2.05, 4.69) is 32.2 Å². The number of para-hydroxylation sites is 1. The van der Waals surface area contributed by atoms with Crippen molar-refractivity contribution in [3.05, 3.63) is 41.0 Å². The van der Waals surface area contributed by atoms with Gasteiger partial charge < -0.3 is 9.84 Å². The molecule has 1 aliphatic heterocycles. The third-order valence-corrected chi connectivity index (χ3v) is 4.92. The Kier molecular flexibility index (Phi) is 6.58. The summed E-state index contributed by atoms with van der Waals surface area (Å²) < 4.78 is 5.32. The van der Waals surface area contributed by atoms with Crippen LogP contribution in [0.5, 0.6) is 0 Å². The molecule has 0 saturated carbocycles. The molecule has 1 saturated heterocycles. The maximum absolute atomic E-state index is 12.4. The Morgan fingerprint density at radius 2 is 1.81 bits per heavy atom. The Bertz CT molecular complexity index is 745. The van der Waals surface area contributed by atoms with Gasteiger partial charge in [-0.1, -0.05) is 30.3 Å². The SMILES string of the molecule is CCCc1noc(CN2CCN(CC(=O)Nc3c(C)cccc3C)CC2)n1. The first kappa shape index (κ1) is 19.5. The molecule has 2 aromatic rings. The van der Waals surface area contributed by atoms with Crippen molar-refractivity contribution in [3.63, 3.8) is 0 Å². The van der Waals surface area contributed by atoms with E-state index in [-0.39, 0.29) is 5.91 Å². The quantitative estimate of drug-likeness (QED) is 0.806. The molecule has 7 heteroatoms. The van der Waals surface area contributed by atoms with Gasteiger partial charge in [-0.25, -0.2) is 0 Å². The standard InChI is InChI=1S/C20H29N5O2/c1-4-6-17-21-19(27-23-17)14-25-11-9-24(10-12-25)13-18(26)22-20-15(2)7-5-8-16(20)3/h5,7-8H,4,6,9-14H2,1-3H3,(H,22,26). The minimum atomic E-state index is 0.0435. The fourth-order valence-electron chi connectivity index (χ4n) is 3.37. The van der Waals surface area contributed by atoms with Gasteiger partial charge in [0, 0.05) is 38.3 Å². The Morgan fingerprint density at radius 1 is 1.15 bits per heavy atom. The molecule has 0 aliphatic carbocycles. The van der Waals surface area contributed by atoms with Crippen LogP contribution in [0.3, 0.4) is 0 Å². The van der Waals surface area contributed by atoms with Crippen molar-refractivity contribution >= 4 is 11.6 Å². The van der Waals surface area contributed by atoms with Crippen LogP contribution in [0, 0.1) is 13.8 Å². The predicted molar refractivity (Wildman–Crippen MR) is 105 cm³/mol. The van der Waals surface area contributed by atoms with Gasteiger partial charge in [0.15, 0.2) is 5.82 Å². The van der Waals surface area contributed by atoms with Crippen molar-refractivity contribution in [1.82, 2.24) is 19.9 Å². The van der Waals surface area contributed by atoms with Crippen LogP contribution >= 0.6 is 0 Å². The number of rotatable bonds is 7. The first-order valence-electron chi connectivity index (χ1n) is 9.67. The lowest BCUT2D eigenvalue weighted by molar-refractivity contribution is -0.117. The third kappa shape index (κ3) is 5.37. The Balaban J connectivity index is 1.44. The van der Waals surface area contributed by atoms with E-state index in [4.69, 9.17) is 4.52 Å². The highest BCUT2D eigenvalue weighted by Gasteiger charge is 2.21. The van der Waals surface area contributed by atoms with Crippen LogP contribution in [0.4, 0.5) is 5.69 Å². The predicted octanol–water partition coefficient (Wildman–Crippen LogP) is 2.40. The van der Waals surface area contributed by atoms with Crippen LogP contribution in [-0.4, -0.2) is 58.6 Å². The van der Waals surface area contributed by atoms with E-state index in [9.17, 15) is 4.79 Å². The average Bonchev–Trinajstić information content (AvgIpc) is 3.07. The van der Waals surface area contributed by atoms with Crippen LogP contribution in [-0.2, 0) is 17.8 Å². The van der Waals surface area contributed by atoms with E-state index in [0.717, 1.165) is 61.7 Å². The lowest BCUT2D eigenvalue weighted by Gasteiger charge is -2.33. The zero-order valence-electron chi connectivity index (χ0n) is 16.5. The van der Waals surface area contributed by atoms with Gasteiger partial charge in [0.1, 0.15) is 0 Å². The zero-order chi connectivity index (χ0) is 19.2. The van der Waals surface area contributed by atoms with Crippen LogP contribution < -0.4 is 5.32 Å². The molecular formula is C20H29N5O2. The number of piperazine rings is 1. The highest BCUT2D eigenvalue weighted by molar-refractivity contribution is 5.93. The molecule has 27 heavy (non-hydrogen) atoms. The van der Waals surface area contributed by atoms with Gasteiger partial charge in [-0.3, -0.25) is 14.6 Å². The van der Waals surface area contributed by atoms with Gasteiger partial charge in [0.25, 0.3) is 0 Å². The summed E-state index contributed by atoms with van der Waals surface area (Å²) in [5, 5.41) is 7.07. The third-order valence-electron chi connectivity index (χ3n) is 4.92. The summed E-state index contributed by atoms with van der Waals surface area (Å²) in [6.45, 7) is 10.7. The number of hydrogen-bond donors (Lipinski definition) is 1. The number of carbonyl (C=O) groups excluding carboxylic acids is 1. The zero-order valence-corrected chi connectivity index (χ0v) is 16.5. The van der Waals surface area contributed by atoms with Gasteiger partial charge in [-0.2, -0.15) is 4.98 Å². The number of aromatic nitrogens is 2. The van der Waals surface area contributed by atoms with Gasteiger partial charge >= 0.3 is 0 Å². The first-order valence-corrected chi connectivity index (χ1v) is 9.67. The summed E-state index contributed by atoms with van der Waals surface area (Å²) in [6.07, 6.45) is 1.87. The van der Waals surface area contributed by atoms with Crippen LogP contribution in [0.2, 0.25) is 0 Å². The number of aryl methyl sites for hydroxylation is 3. The van der Waals surface area contributed by atoms with Crippen molar-refractivity contribution in [2.75, 3.05) is 38.0 Å². The molecule has 0 bridgehead atoms. The molecule has 1 fully saturated rings. The van der Waals surface area contributed by atoms with Gasteiger partial charge in [0.2, 0.25) is 11.8 Å². The fraction of sp³-hybridized carbons (Fsp3) is 0.550. The number of carbonyl (C=O) groups is 1. The average molecular weight is 371 g/mol. The van der Waals surface area contributed by atoms with E-state index >= 15 is 0 Å². The largest absolute Gasteiger partial charge is 0.338 e. The second-order valence-corrected chi connectivity index (χ2v) is 7.22. The fourth-order valence-corrected chi connectivity index (χ4v) is 3.37. The maximum atomic E-state index is 12.4. The summed E-state index contributed by atoms with van der Waals surface area (Å²) in [4.78, 5) is 21.3. The molecule has 146 valence electrons. The molecule has 1 aromatic heterocycles. The summed E-state index contributed by atoms with van der Waals surface area (Å²) in [7, 11) is 0. The molecule has 0 radical (unpaired) electrons. The second kappa shape index (κ2) is 9.10. The van der Waals surface area contributed by atoms with Gasteiger partial charge in [0.05, 0.1) is 13.1 Å². The Hall–Kier alpha value is -2.25. The Labute approximate surface area is 160 Å². The molecule has 2 heterocycles. The molecule has 3 rings (SSSR count). The summed E-state index contributed by atoms with van der Waals surface area (Å²) in [5.74, 6) is 1.51. The van der Waals surface area contributed by atoms with E-state index in [1.54, 1.807) is 0 Å².